The van der Waals surface area contributed by atoms with Crippen LogP contribution in [0.1, 0.15) is 20.8 Å². The molecule has 9 heavy (non-hydrogen) atoms. The molecule has 0 amide bonds. The number of hydrogen-bond donors (Lipinski definition) is 0. The van der Waals surface area contributed by atoms with Crippen molar-refractivity contribution in [2.75, 3.05) is 0 Å². The Morgan fingerprint density at radius 2 is 1.56 bits per heavy atom. The van der Waals surface area contributed by atoms with Crippen LogP contribution in [-0.4, -0.2) is 0 Å². The van der Waals surface area contributed by atoms with Gasteiger partial charge in [0.2, 0.25) is 0 Å². The molecule has 0 aliphatic rings. The van der Waals surface area contributed by atoms with E-state index in [-0.39, 0.29) is 0 Å². The van der Waals surface area contributed by atoms with Crippen LogP contribution < -0.4 is 0 Å². The first-order chi connectivity index (χ1) is 4.18. The lowest BCUT2D eigenvalue weighted by molar-refractivity contribution is 1.40. The van der Waals surface area contributed by atoms with Crippen molar-refractivity contribution in [3.05, 3.63) is 37.0 Å². The highest BCUT2D eigenvalue weighted by atomic mass is 13.7. The Bertz CT molecular complexity index is 92.6. The fraction of sp³-hybridized carbons (Fsp3) is 0.333. The summed E-state index contributed by atoms with van der Waals surface area (Å²) in [6.45, 7) is 12.9. The van der Waals surface area contributed by atoms with Crippen LogP contribution >= 0.6 is 0 Å². The molecular weight excluding hydrogens is 108 g/mol. The molecule has 0 heteroatoms. The van der Waals surface area contributed by atoms with Gasteiger partial charge in [-0.05, 0) is 20.8 Å². The lowest BCUT2D eigenvalue weighted by Gasteiger charge is -1.76. The first-order valence-corrected chi connectivity index (χ1v) is 3.02. The molecule has 0 aromatic rings. The Labute approximate surface area is 58.6 Å². The average molecular weight is 124 g/mol. The van der Waals surface area contributed by atoms with E-state index in [1.54, 1.807) is 12.2 Å². The van der Waals surface area contributed by atoms with Crippen molar-refractivity contribution in [3.63, 3.8) is 0 Å². The fourth-order valence-corrected chi connectivity index (χ4v) is 0.236. The summed E-state index contributed by atoms with van der Waals surface area (Å²) in [5, 5.41) is 0. The SMILES string of the molecule is C=CC.C=CC=C(C)C. The molecule has 0 saturated heterocycles. The maximum atomic E-state index is 3.52. The lowest BCUT2D eigenvalue weighted by atomic mass is 10.3. The molecule has 0 aromatic heterocycles. The topological polar surface area (TPSA) is 0 Å². The molecule has 0 radical (unpaired) electrons. The van der Waals surface area contributed by atoms with Gasteiger partial charge in [-0.25, -0.2) is 0 Å². The van der Waals surface area contributed by atoms with E-state index in [0.29, 0.717) is 0 Å². The Balaban J connectivity index is 0. The van der Waals surface area contributed by atoms with Crippen molar-refractivity contribution < 1.29 is 0 Å². The van der Waals surface area contributed by atoms with Gasteiger partial charge in [-0.15, -0.1) is 6.58 Å². The van der Waals surface area contributed by atoms with Crippen LogP contribution in [0.2, 0.25) is 0 Å². The third-order valence-electron chi connectivity index (χ3n) is 0.451. The molecule has 0 rings (SSSR count). The predicted octanol–water partition coefficient (Wildman–Crippen LogP) is 3.33. The summed E-state index contributed by atoms with van der Waals surface area (Å²) in [7, 11) is 0. The summed E-state index contributed by atoms with van der Waals surface area (Å²) in [5.41, 5.74) is 1.30. The zero-order valence-corrected chi connectivity index (χ0v) is 6.65. The van der Waals surface area contributed by atoms with E-state index in [2.05, 4.69) is 13.2 Å². The van der Waals surface area contributed by atoms with Crippen LogP contribution in [0.4, 0.5) is 0 Å². The molecule has 0 bridgehead atoms. The van der Waals surface area contributed by atoms with Gasteiger partial charge in [-0.2, -0.15) is 0 Å². The van der Waals surface area contributed by atoms with Gasteiger partial charge in [0.25, 0.3) is 0 Å². The quantitative estimate of drug-likeness (QED) is 0.371. The zero-order valence-electron chi connectivity index (χ0n) is 6.65. The monoisotopic (exact) mass is 124 g/mol. The van der Waals surface area contributed by atoms with E-state index in [4.69, 9.17) is 0 Å². The summed E-state index contributed by atoms with van der Waals surface area (Å²) in [4.78, 5) is 0. The molecule has 0 aliphatic heterocycles. The molecule has 0 atom stereocenters. The highest BCUT2D eigenvalue weighted by Crippen LogP contribution is 1.85. The second kappa shape index (κ2) is 10.3. The van der Waals surface area contributed by atoms with Gasteiger partial charge < -0.3 is 0 Å². The summed E-state index contributed by atoms with van der Waals surface area (Å²) in [6, 6.07) is 0. The first-order valence-electron chi connectivity index (χ1n) is 3.02. The van der Waals surface area contributed by atoms with E-state index in [1.165, 1.54) is 5.57 Å². The minimum absolute atomic E-state index is 1.30. The van der Waals surface area contributed by atoms with Gasteiger partial charge in [-0.3, -0.25) is 0 Å². The molecular formula is C9H16. The standard InChI is InChI=1S/C6H10.C3H6/c1-4-5-6(2)3;1-3-2/h4-5H,1H2,2-3H3;3H,1H2,2H3. The van der Waals surface area contributed by atoms with Gasteiger partial charge in [-0.1, -0.05) is 30.4 Å². The van der Waals surface area contributed by atoms with Crippen molar-refractivity contribution >= 4 is 0 Å². The molecule has 0 spiro atoms. The van der Waals surface area contributed by atoms with Gasteiger partial charge in [0, 0.05) is 0 Å². The van der Waals surface area contributed by atoms with E-state index < -0.39 is 0 Å². The fourth-order valence-electron chi connectivity index (χ4n) is 0.236. The zero-order chi connectivity index (χ0) is 7.70. The maximum Gasteiger partial charge on any atom is -0.0439 e. The summed E-state index contributed by atoms with van der Waals surface area (Å²) in [5.74, 6) is 0. The van der Waals surface area contributed by atoms with E-state index in [0.717, 1.165) is 0 Å². The largest absolute Gasteiger partial charge is 0.103 e. The summed E-state index contributed by atoms with van der Waals surface area (Å²) in [6.07, 6.45) is 5.51. The van der Waals surface area contributed by atoms with Gasteiger partial charge in [0.15, 0.2) is 0 Å². The molecule has 0 nitrogen and oxygen atoms in total. The van der Waals surface area contributed by atoms with E-state index in [1.807, 2.05) is 26.8 Å². The van der Waals surface area contributed by atoms with E-state index >= 15 is 0 Å². The highest BCUT2D eigenvalue weighted by Gasteiger charge is 1.63. The Morgan fingerprint density at radius 1 is 1.22 bits per heavy atom. The average Bonchev–Trinajstić information content (AvgIpc) is 1.67. The smallest absolute Gasteiger partial charge is 0.0439 e. The van der Waals surface area contributed by atoms with Crippen LogP contribution in [0.5, 0.6) is 0 Å². The summed E-state index contributed by atoms with van der Waals surface area (Å²) < 4.78 is 0. The number of rotatable bonds is 1. The van der Waals surface area contributed by atoms with Crippen LogP contribution in [-0.2, 0) is 0 Å². The minimum Gasteiger partial charge on any atom is -0.103 e. The third kappa shape index (κ3) is 39.9. The Hall–Kier alpha value is -0.780. The molecule has 0 aliphatic carbocycles. The van der Waals surface area contributed by atoms with E-state index in [9.17, 15) is 0 Å². The minimum atomic E-state index is 1.30. The van der Waals surface area contributed by atoms with Gasteiger partial charge in [0.05, 0.1) is 0 Å². The molecule has 0 aromatic carbocycles. The van der Waals surface area contributed by atoms with Crippen molar-refractivity contribution in [2.24, 2.45) is 0 Å². The molecule has 0 unspecified atom stereocenters. The van der Waals surface area contributed by atoms with Gasteiger partial charge in [0.1, 0.15) is 0 Å². The second-order valence-electron chi connectivity index (χ2n) is 1.89. The maximum absolute atomic E-state index is 3.52. The Morgan fingerprint density at radius 3 is 1.56 bits per heavy atom. The third-order valence-corrected chi connectivity index (χ3v) is 0.451. The number of allylic oxidation sites excluding steroid dienone is 4. The highest BCUT2D eigenvalue weighted by molar-refractivity contribution is 5.04. The molecule has 0 heterocycles. The van der Waals surface area contributed by atoms with Crippen molar-refractivity contribution in [2.45, 2.75) is 20.8 Å². The van der Waals surface area contributed by atoms with Gasteiger partial charge >= 0.3 is 0 Å². The molecule has 0 N–H and O–H groups in total. The summed E-state index contributed by atoms with van der Waals surface area (Å²) >= 11 is 0. The van der Waals surface area contributed by atoms with Crippen molar-refractivity contribution in [1.82, 2.24) is 0 Å². The van der Waals surface area contributed by atoms with Crippen LogP contribution in [0.3, 0.4) is 0 Å². The predicted molar refractivity (Wildman–Crippen MR) is 45.5 cm³/mol. The van der Waals surface area contributed by atoms with Crippen molar-refractivity contribution in [3.8, 4) is 0 Å². The molecule has 0 fully saturated rings. The van der Waals surface area contributed by atoms with Crippen LogP contribution in [0, 0.1) is 0 Å². The van der Waals surface area contributed by atoms with Crippen molar-refractivity contribution in [1.29, 1.82) is 0 Å². The van der Waals surface area contributed by atoms with Crippen LogP contribution in [0.25, 0.3) is 0 Å². The lowest BCUT2D eigenvalue weighted by Crippen LogP contribution is -1.54. The normalized spacial score (nSPS) is 6.11. The first kappa shape index (κ1) is 11.1. The Kier molecular flexibility index (Phi) is 12.6. The number of hydrogen-bond acceptors (Lipinski definition) is 0. The molecule has 0 saturated carbocycles. The molecule has 52 valence electrons. The second-order valence-corrected chi connectivity index (χ2v) is 1.89. The van der Waals surface area contributed by atoms with Crippen LogP contribution in [0.15, 0.2) is 37.0 Å².